The summed E-state index contributed by atoms with van der Waals surface area (Å²) < 4.78 is 0. The van der Waals surface area contributed by atoms with Crippen molar-refractivity contribution in [1.29, 1.82) is 5.26 Å². The second kappa shape index (κ2) is 5.11. The Balaban J connectivity index is 2.95. The maximum atomic E-state index is 9.34. The molecule has 1 aromatic heterocycles. The Morgan fingerprint density at radius 3 is 2.59 bits per heavy atom. The highest BCUT2D eigenvalue weighted by Gasteiger charge is 2.24. The number of rotatable bonds is 3. The SMILES string of the molecule is Cc1cc(C#N)nc(NC(CO)C(C)(C)C)n1. The molecule has 0 saturated heterocycles. The number of nitrogens with zero attached hydrogens (tertiary/aromatic N) is 3. The molecule has 0 bridgehead atoms. The molecule has 0 aliphatic rings. The molecule has 0 radical (unpaired) electrons. The lowest BCUT2D eigenvalue weighted by molar-refractivity contribution is 0.201. The number of anilines is 1. The maximum absolute atomic E-state index is 9.34. The highest BCUT2D eigenvalue weighted by Crippen LogP contribution is 2.21. The van der Waals surface area contributed by atoms with Crippen LogP contribution in [0.5, 0.6) is 0 Å². The van der Waals surface area contributed by atoms with E-state index in [0.29, 0.717) is 11.6 Å². The third-order valence-electron chi connectivity index (χ3n) is 2.50. The van der Waals surface area contributed by atoms with Crippen molar-refractivity contribution in [1.82, 2.24) is 9.97 Å². The van der Waals surface area contributed by atoms with Crippen LogP contribution in [0, 0.1) is 23.7 Å². The van der Waals surface area contributed by atoms with E-state index in [9.17, 15) is 5.11 Å². The maximum Gasteiger partial charge on any atom is 0.224 e. The smallest absolute Gasteiger partial charge is 0.224 e. The van der Waals surface area contributed by atoms with Gasteiger partial charge in [-0.2, -0.15) is 5.26 Å². The van der Waals surface area contributed by atoms with E-state index < -0.39 is 0 Å². The largest absolute Gasteiger partial charge is 0.394 e. The van der Waals surface area contributed by atoms with Crippen LogP contribution in [0.3, 0.4) is 0 Å². The third kappa shape index (κ3) is 3.68. The summed E-state index contributed by atoms with van der Waals surface area (Å²) in [5.74, 6) is 0.385. The summed E-state index contributed by atoms with van der Waals surface area (Å²) in [5.41, 5.74) is 0.935. The highest BCUT2D eigenvalue weighted by atomic mass is 16.3. The Kier molecular flexibility index (Phi) is 4.02. The van der Waals surface area contributed by atoms with Gasteiger partial charge in [-0.15, -0.1) is 0 Å². The fourth-order valence-electron chi connectivity index (χ4n) is 1.38. The van der Waals surface area contributed by atoms with Crippen LogP contribution in [0.4, 0.5) is 5.95 Å². The Bertz CT molecular complexity index is 431. The molecule has 5 nitrogen and oxygen atoms in total. The second-order valence-electron chi connectivity index (χ2n) is 5.08. The van der Waals surface area contributed by atoms with Gasteiger partial charge in [-0.25, -0.2) is 9.97 Å². The molecule has 92 valence electrons. The number of hydrogen-bond donors (Lipinski definition) is 2. The molecule has 0 spiro atoms. The van der Waals surface area contributed by atoms with Gasteiger partial charge in [0.1, 0.15) is 11.8 Å². The molecule has 0 aromatic carbocycles. The molecule has 1 unspecified atom stereocenters. The van der Waals surface area contributed by atoms with Crippen molar-refractivity contribution in [2.75, 3.05) is 11.9 Å². The first-order chi connectivity index (χ1) is 7.86. The molecule has 1 heterocycles. The lowest BCUT2D eigenvalue weighted by Crippen LogP contribution is -2.37. The number of nitriles is 1. The fourth-order valence-corrected chi connectivity index (χ4v) is 1.38. The van der Waals surface area contributed by atoms with Crippen molar-refractivity contribution in [3.63, 3.8) is 0 Å². The van der Waals surface area contributed by atoms with Gasteiger partial charge in [-0.3, -0.25) is 0 Å². The zero-order valence-electron chi connectivity index (χ0n) is 10.7. The van der Waals surface area contributed by atoms with Gasteiger partial charge in [-0.1, -0.05) is 20.8 Å². The summed E-state index contributed by atoms with van der Waals surface area (Å²) in [6, 6.07) is 3.45. The minimum Gasteiger partial charge on any atom is -0.394 e. The standard InChI is InChI=1S/C12H18N4O/c1-8-5-9(6-13)15-11(14-8)16-10(7-17)12(2,3)4/h5,10,17H,7H2,1-4H3,(H,14,15,16). The molecule has 1 rings (SSSR count). The Hall–Kier alpha value is -1.67. The highest BCUT2D eigenvalue weighted by molar-refractivity contribution is 5.34. The minimum absolute atomic E-state index is 0.0112. The van der Waals surface area contributed by atoms with E-state index in [2.05, 4.69) is 15.3 Å². The lowest BCUT2D eigenvalue weighted by Gasteiger charge is -2.29. The van der Waals surface area contributed by atoms with Gasteiger partial charge in [0.15, 0.2) is 0 Å². The monoisotopic (exact) mass is 234 g/mol. The van der Waals surface area contributed by atoms with Gasteiger partial charge in [0.2, 0.25) is 5.95 Å². The first-order valence-electron chi connectivity index (χ1n) is 5.50. The van der Waals surface area contributed by atoms with Crippen molar-refractivity contribution < 1.29 is 5.11 Å². The van der Waals surface area contributed by atoms with Gasteiger partial charge in [0.05, 0.1) is 12.6 Å². The Labute approximate surface area is 102 Å². The number of hydrogen-bond acceptors (Lipinski definition) is 5. The van der Waals surface area contributed by atoms with Crippen LogP contribution in [0.25, 0.3) is 0 Å². The van der Waals surface area contributed by atoms with E-state index >= 15 is 0 Å². The van der Waals surface area contributed by atoms with Gasteiger partial charge in [-0.05, 0) is 18.4 Å². The topological polar surface area (TPSA) is 81.8 Å². The molecular weight excluding hydrogens is 216 g/mol. The predicted octanol–water partition coefficient (Wildman–Crippen LogP) is 1.48. The van der Waals surface area contributed by atoms with Crippen molar-refractivity contribution in [2.24, 2.45) is 5.41 Å². The summed E-state index contributed by atoms with van der Waals surface area (Å²) in [4.78, 5) is 8.26. The van der Waals surface area contributed by atoms with Crippen LogP contribution < -0.4 is 5.32 Å². The zero-order valence-corrected chi connectivity index (χ0v) is 10.7. The number of aliphatic hydroxyl groups excluding tert-OH is 1. The van der Waals surface area contributed by atoms with E-state index in [-0.39, 0.29) is 18.1 Å². The molecule has 0 aliphatic carbocycles. The summed E-state index contributed by atoms with van der Waals surface area (Å²) in [5, 5.41) is 21.2. The van der Waals surface area contributed by atoms with Crippen molar-refractivity contribution in [3.05, 3.63) is 17.5 Å². The van der Waals surface area contributed by atoms with Crippen LogP contribution in [-0.4, -0.2) is 27.7 Å². The zero-order chi connectivity index (χ0) is 13.1. The first kappa shape index (κ1) is 13.4. The van der Waals surface area contributed by atoms with Gasteiger partial charge < -0.3 is 10.4 Å². The molecule has 1 aromatic rings. The lowest BCUT2D eigenvalue weighted by atomic mass is 9.87. The van der Waals surface area contributed by atoms with E-state index in [1.54, 1.807) is 13.0 Å². The third-order valence-corrected chi connectivity index (χ3v) is 2.50. The predicted molar refractivity (Wildman–Crippen MR) is 65.4 cm³/mol. The van der Waals surface area contributed by atoms with Gasteiger partial charge in [0, 0.05) is 5.69 Å². The van der Waals surface area contributed by atoms with Crippen molar-refractivity contribution >= 4 is 5.95 Å². The number of nitrogens with one attached hydrogen (secondary N) is 1. The number of aryl methyl sites for hydroxylation is 1. The Morgan fingerprint density at radius 1 is 1.47 bits per heavy atom. The van der Waals surface area contributed by atoms with Crippen LogP contribution in [0.15, 0.2) is 6.07 Å². The summed E-state index contributed by atoms with van der Waals surface area (Å²) in [7, 11) is 0. The molecule has 0 amide bonds. The average molecular weight is 234 g/mol. The normalized spacial score (nSPS) is 12.9. The molecule has 0 fully saturated rings. The molecule has 1 atom stereocenters. The van der Waals surface area contributed by atoms with Crippen molar-refractivity contribution in [3.8, 4) is 6.07 Å². The van der Waals surface area contributed by atoms with E-state index in [1.807, 2.05) is 26.8 Å². The fraction of sp³-hybridized carbons (Fsp3) is 0.583. The van der Waals surface area contributed by atoms with Crippen LogP contribution in [-0.2, 0) is 0 Å². The van der Waals surface area contributed by atoms with Gasteiger partial charge in [0.25, 0.3) is 0 Å². The average Bonchev–Trinajstić information content (AvgIpc) is 2.23. The number of aromatic nitrogens is 2. The molecule has 2 N–H and O–H groups in total. The molecular formula is C12H18N4O. The Morgan fingerprint density at radius 2 is 2.12 bits per heavy atom. The molecule has 0 aliphatic heterocycles. The summed E-state index contributed by atoms with van der Waals surface area (Å²) in [6.07, 6.45) is 0. The van der Waals surface area contributed by atoms with E-state index in [1.165, 1.54) is 0 Å². The van der Waals surface area contributed by atoms with Crippen LogP contribution >= 0.6 is 0 Å². The summed E-state index contributed by atoms with van der Waals surface area (Å²) in [6.45, 7) is 7.84. The molecule has 17 heavy (non-hydrogen) atoms. The van der Waals surface area contributed by atoms with Crippen LogP contribution in [0.1, 0.15) is 32.2 Å². The van der Waals surface area contributed by atoms with E-state index in [0.717, 1.165) is 5.69 Å². The quantitative estimate of drug-likeness (QED) is 0.827. The molecule has 0 saturated carbocycles. The summed E-state index contributed by atoms with van der Waals surface area (Å²) >= 11 is 0. The van der Waals surface area contributed by atoms with E-state index in [4.69, 9.17) is 5.26 Å². The number of aliphatic hydroxyl groups is 1. The van der Waals surface area contributed by atoms with Crippen molar-refractivity contribution in [2.45, 2.75) is 33.7 Å². The minimum atomic E-state index is -0.157. The van der Waals surface area contributed by atoms with Gasteiger partial charge >= 0.3 is 0 Å². The first-order valence-corrected chi connectivity index (χ1v) is 5.50. The second-order valence-corrected chi connectivity index (χ2v) is 5.08. The van der Waals surface area contributed by atoms with Crippen LogP contribution in [0.2, 0.25) is 0 Å². The molecule has 5 heteroatoms.